The lowest BCUT2D eigenvalue weighted by atomic mass is 9.95. The molecule has 0 aliphatic carbocycles. The third-order valence-electron chi connectivity index (χ3n) is 7.42. The molecule has 2 aromatic carbocycles. The summed E-state index contributed by atoms with van der Waals surface area (Å²) < 4.78 is 80.1. The average molecular weight is 644 g/mol. The standard InChI is InChI=1S/C28H27ClF5N5O3S/c1-3-22(40)37-5-7-38(8-6-37)26-17-10-18(28(32,33)34)23(16-11-19(29)21(31)12-20(16)30)25-24(17)39(27(41)36-26)13-15(14-43-25)35-4-9-42-2/h3,10-12,15,35H,1,4-9,13-14H2,2H3. The number of hydrogen-bond donors (Lipinski definition) is 1. The lowest BCUT2D eigenvalue weighted by molar-refractivity contribution is -0.137. The number of rotatable bonds is 7. The molecule has 43 heavy (non-hydrogen) atoms. The number of piperazine rings is 1. The molecular formula is C28H27ClF5N5O3S. The SMILES string of the molecule is C=CC(=O)N1CCN(c2nc(=O)n3c4c(c(-c5cc(Cl)c(F)cc5F)c(C(F)(F)F)cc24)SCC(NCCOC)C3)CC1. The first-order valence-corrected chi connectivity index (χ1v) is 14.7. The maximum atomic E-state index is 15.3. The Morgan fingerprint density at radius 3 is 2.58 bits per heavy atom. The molecule has 1 N–H and O–H groups in total. The van der Waals surface area contributed by atoms with Gasteiger partial charge in [0.15, 0.2) is 0 Å². The van der Waals surface area contributed by atoms with Gasteiger partial charge in [0.2, 0.25) is 5.91 Å². The average Bonchev–Trinajstić information content (AvgIpc) is 3.17. The first-order valence-electron chi connectivity index (χ1n) is 13.3. The third-order valence-corrected chi connectivity index (χ3v) is 8.96. The molecule has 8 nitrogen and oxygen atoms in total. The molecule has 0 saturated carbocycles. The number of halogens is 6. The van der Waals surface area contributed by atoms with Crippen molar-refractivity contribution in [3.8, 4) is 11.1 Å². The van der Waals surface area contributed by atoms with Crippen LogP contribution >= 0.6 is 23.4 Å². The predicted molar refractivity (Wildman–Crippen MR) is 155 cm³/mol. The van der Waals surface area contributed by atoms with Crippen molar-refractivity contribution in [2.75, 3.05) is 57.1 Å². The Labute approximate surface area is 252 Å². The first-order chi connectivity index (χ1) is 20.4. The summed E-state index contributed by atoms with van der Waals surface area (Å²) in [6.07, 6.45) is -3.79. The molecule has 1 amide bonds. The van der Waals surface area contributed by atoms with Gasteiger partial charge in [-0.3, -0.25) is 9.36 Å². The van der Waals surface area contributed by atoms with E-state index in [1.165, 1.54) is 17.8 Å². The van der Waals surface area contributed by atoms with Crippen LogP contribution in [0.1, 0.15) is 5.56 Å². The molecule has 1 atom stereocenters. The quantitative estimate of drug-likeness (QED) is 0.175. The summed E-state index contributed by atoms with van der Waals surface area (Å²) in [6.45, 7) is 5.24. The van der Waals surface area contributed by atoms with Crippen molar-refractivity contribution in [1.82, 2.24) is 19.8 Å². The van der Waals surface area contributed by atoms with Gasteiger partial charge in [0, 0.05) is 85.6 Å². The highest BCUT2D eigenvalue weighted by atomic mass is 35.5. The van der Waals surface area contributed by atoms with Crippen LogP contribution < -0.4 is 15.9 Å². The normalized spacial score (nSPS) is 17.3. The zero-order valence-electron chi connectivity index (χ0n) is 22.9. The van der Waals surface area contributed by atoms with E-state index >= 15 is 4.39 Å². The topological polar surface area (TPSA) is 79.7 Å². The summed E-state index contributed by atoms with van der Waals surface area (Å²) in [7, 11) is 1.52. The van der Waals surface area contributed by atoms with Crippen molar-refractivity contribution >= 4 is 46.0 Å². The van der Waals surface area contributed by atoms with Crippen molar-refractivity contribution < 1.29 is 31.5 Å². The van der Waals surface area contributed by atoms with E-state index in [2.05, 4.69) is 16.9 Å². The second kappa shape index (κ2) is 12.4. The molecular weight excluding hydrogens is 617 g/mol. The van der Waals surface area contributed by atoms with Crippen molar-refractivity contribution in [3.05, 3.63) is 63.6 Å². The maximum absolute atomic E-state index is 15.3. The molecule has 3 heterocycles. The van der Waals surface area contributed by atoms with Gasteiger partial charge in [-0.05, 0) is 18.2 Å². The van der Waals surface area contributed by atoms with Gasteiger partial charge in [-0.15, -0.1) is 11.8 Å². The van der Waals surface area contributed by atoms with Crippen LogP contribution in [0.5, 0.6) is 0 Å². The number of amides is 1. The molecule has 2 aliphatic heterocycles. The van der Waals surface area contributed by atoms with Gasteiger partial charge in [0.25, 0.3) is 0 Å². The predicted octanol–water partition coefficient (Wildman–Crippen LogP) is 4.56. The zero-order chi connectivity index (χ0) is 31.1. The van der Waals surface area contributed by atoms with Crippen LogP contribution in [-0.4, -0.2) is 78.6 Å². The second-order valence-corrected chi connectivity index (χ2v) is 11.5. The summed E-state index contributed by atoms with van der Waals surface area (Å²) >= 11 is 6.96. The van der Waals surface area contributed by atoms with E-state index in [9.17, 15) is 27.2 Å². The van der Waals surface area contributed by atoms with Crippen LogP contribution in [0.25, 0.3) is 22.0 Å². The van der Waals surface area contributed by atoms with Gasteiger partial charge < -0.3 is 19.9 Å². The van der Waals surface area contributed by atoms with Crippen LogP contribution in [0, 0.1) is 11.6 Å². The molecule has 2 aliphatic rings. The number of hydrogen-bond acceptors (Lipinski definition) is 7. The van der Waals surface area contributed by atoms with E-state index in [1.807, 2.05) is 0 Å². The van der Waals surface area contributed by atoms with Crippen LogP contribution in [0.4, 0.5) is 27.8 Å². The van der Waals surface area contributed by atoms with E-state index < -0.39 is 45.2 Å². The monoisotopic (exact) mass is 643 g/mol. The molecule has 1 saturated heterocycles. The van der Waals surface area contributed by atoms with Crippen molar-refractivity contribution in [2.24, 2.45) is 0 Å². The minimum absolute atomic E-state index is 0.00339. The second-order valence-electron chi connectivity index (χ2n) is 10.1. The van der Waals surface area contributed by atoms with Crippen LogP contribution in [-0.2, 0) is 22.3 Å². The molecule has 0 bridgehead atoms. The maximum Gasteiger partial charge on any atom is 0.417 e. The highest BCUT2D eigenvalue weighted by Crippen LogP contribution is 2.49. The Morgan fingerprint density at radius 2 is 1.93 bits per heavy atom. The first kappa shape index (κ1) is 31.2. The lowest BCUT2D eigenvalue weighted by Gasteiger charge is -2.35. The fourth-order valence-corrected chi connectivity index (χ4v) is 6.84. The molecule has 1 fully saturated rings. The number of nitrogens with zero attached hydrogens (tertiary/aromatic N) is 4. The Hall–Kier alpha value is -3.20. The van der Waals surface area contributed by atoms with Crippen LogP contribution in [0.3, 0.4) is 0 Å². The van der Waals surface area contributed by atoms with E-state index in [4.69, 9.17) is 16.3 Å². The number of alkyl halides is 3. The lowest BCUT2D eigenvalue weighted by Crippen LogP contribution is -2.49. The number of ether oxygens (including phenoxy) is 1. The van der Waals surface area contributed by atoms with Gasteiger partial charge in [-0.2, -0.15) is 18.2 Å². The minimum Gasteiger partial charge on any atom is -0.383 e. The van der Waals surface area contributed by atoms with Crippen molar-refractivity contribution in [1.29, 1.82) is 0 Å². The highest BCUT2D eigenvalue weighted by Gasteiger charge is 2.39. The van der Waals surface area contributed by atoms with E-state index in [1.54, 1.807) is 9.80 Å². The highest BCUT2D eigenvalue weighted by molar-refractivity contribution is 7.99. The van der Waals surface area contributed by atoms with Crippen LogP contribution in [0.15, 0.2) is 40.5 Å². The summed E-state index contributed by atoms with van der Waals surface area (Å²) in [6, 6.07) is 1.77. The number of nitrogens with one attached hydrogen (secondary N) is 1. The molecule has 0 spiro atoms. The fourth-order valence-electron chi connectivity index (χ4n) is 5.36. The number of carbonyl (C=O) groups excluding carboxylic acids is 1. The van der Waals surface area contributed by atoms with Gasteiger partial charge in [-0.25, -0.2) is 13.6 Å². The minimum atomic E-state index is -4.97. The summed E-state index contributed by atoms with van der Waals surface area (Å²) in [4.78, 5) is 33.1. The zero-order valence-corrected chi connectivity index (χ0v) is 24.5. The Kier molecular flexibility index (Phi) is 9.02. The fraction of sp³-hybridized carbons (Fsp3) is 0.393. The molecule has 15 heteroatoms. The number of anilines is 1. The van der Waals surface area contributed by atoms with E-state index in [-0.39, 0.29) is 72.0 Å². The molecule has 5 rings (SSSR count). The molecule has 1 aromatic heterocycles. The summed E-state index contributed by atoms with van der Waals surface area (Å²) in [5, 5.41) is 2.74. The molecule has 230 valence electrons. The van der Waals surface area contributed by atoms with E-state index in [0.29, 0.717) is 19.2 Å². The Balaban J connectivity index is 1.78. The number of thioether (sulfide) groups is 1. The smallest absolute Gasteiger partial charge is 0.383 e. The Morgan fingerprint density at radius 1 is 1.21 bits per heavy atom. The van der Waals surface area contributed by atoms with Crippen molar-refractivity contribution in [3.63, 3.8) is 0 Å². The number of benzene rings is 2. The third kappa shape index (κ3) is 6.10. The van der Waals surface area contributed by atoms with Crippen LogP contribution in [0.2, 0.25) is 5.02 Å². The Bertz CT molecular complexity index is 1640. The van der Waals surface area contributed by atoms with E-state index in [0.717, 1.165) is 23.9 Å². The molecule has 1 unspecified atom stereocenters. The molecule has 3 aromatic rings. The number of aromatic nitrogens is 2. The van der Waals surface area contributed by atoms with Gasteiger partial charge in [0.05, 0.1) is 22.7 Å². The van der Waals surface area contributed by atoms with Gasteiger partial charge in [-0.1, -0.05) is 18.2 Å². The van der Waals surface area contributed by atoms with Crippen molar-refractivity contribution in [2.45, 2.75) is 23.7 Å². The summed E-state index contributed by atoms with van der Waals surface area (Å²) in [5.41, 5.74) is -2.79. The summed E-state index contributed by atoms with van der Waals surface area (Å²) in [5.74, 6) is -2.37. The number of carbonyl (C=O) groups is 1. The largest absolute Gasteiger partial charge is 0.417 e. The van der Waals surface area contributed by atoms with Gasteiger partial charge in [0.1, 0.15) is 17.5 Å². The number of methoxy groups -OCH3 is 1. The molecule has 0 radical (unpaired) electrons. The van der Waals surface area contributed by atoms with Gasteiger partial charge >= 0.3 is 11.9 Å².